The maximum absolute atomic E-state index is 12.0. The Morgan fingerprint density at radius 1 is 1.45 bits per heavy atom. The standard InChI is InChI=1S/C14H13FN2O4S/c15-8-21-14(20)9-5-10(13(18)19)11(17-6-9)7-22-12-3-1-2-4-16-12/h1-4,6,17H,5,7-8H2,(H,18,19). The summed E-state index contributed by atoms with van der Waals surface area (Å²) >= 11 is 1.37. The lowest BCUT2D eigenvalue weighted by atomic mass is 10.0. The number of aliphatic carboxylic acids is 1. The summed E-state index contributed by atoms with van der Waals surface area (Å²) < 4.78 is 16.2. The van der Waals surface area contributed by atoms with Crippen LogP contribution in [-0.2, 0) is 14.3 Å². The van der Waals surface area contributed by atoms with E-state index in [1.54, 1.807) is 12.3 Å². The van der Waals surface area contributed by atoms with Crippen molar-refractivity contribution in [2.45, 2.75) is 11.4 Å². The lowest BCUT2D eigenvalue weighted by molar-refractivity contribution is -0.143. The Balaban J connectivity index is 2.07. The van der Waals surface area contributed by atoms with Crippen LogP contribution in [0, 0.1) is 0 Å². The van der Waals surface area contributed by atoms with Gasteiger partial charge in [0, 0.05) is 30.3 Å². The van der Waals surface area contributed by atoms with Gasteiger partial charge in [-0.25, -0.2) is 19.0 Å². The lowest BCUT2D eigenvalue weighted by Gasteiger charge is -2.18. The Bertz CT molecular complexity index is 631. The Labute approximate surface area is 130 Å². The molecule has 2 N–H and O–H groups in total. The monoisotopic (exact) mass is 324 g/mol. The van der Waals surface area contributed by atoms with Gasteiger partial charge in [-0.15, -0.1) is 11.8 Å². The number of hydrogen-bond donors (Lipinski definition) is 2. The first-order chi connectivity index (χ1) is 10.6. The molecule has 1 aromatic rings. The number of thioether (sulfide) groups is 1. The number of alkyl halides is 1. The molecule has 1 aromatic heterocycles. The Morgan fingerprint density at radius 2 is 2.27 bits per heavy atom. The smallest absolute Gasteiger partial charge is 0.338 e. The molecule has 0 spiro atoms. The number of carboxylic acid groups (broad SMARTS) is 1. The molecule has 0 atom stereocenters. The summed E-state index contributed by atoms with van der Waals surface area (Å²) in [6, 6.07) is 5.44. The SMILES string of the molecule is O=C(O)C1=C(CSc2ccccn2)NC=C(C(=O)OCF)C1. The van der Waals surface area contributed by atoms with Gasteiger partial charge in [0.1, 0.15) is 0 Å². The second-order valence-corrected chi connectivity index (χ2v) is 5.25. The number of halogens is 1. The Kier molecular flexibility index (Phi) is 5.54. The van der Waals surface area contributed by atoms with Crippen molar-refractivity contribution in [1.29, 1.82) is 0 Å². The van der Waals surface area contributed by atoms with Crippen LogP contribution in [-0.4, -0.2) is 34.6 Å². The van der Waals surface area contributed by atoms with E-state index in [4.69, 9.17) is 0 Å². The predicted octanol–water partition coefficient (Wildman–Crippen LogP) is 1.86. The molecule has 0 saturated carbocycles. The van der Waals surface area contributed by atoms with Crippen molar-refractivity contribution in [1.82, 2.24) is 10.3 Å². The summed E-state index contributed by atoms with van der Waals surface area (Å²) in [5, 5.41) is 12.8. The third-order valence-electron chi connectivity index (χ3n) is 2.86. The summed E-state index contributed by atoms with van der Waals surface area (Å²) in [5.74, 6) is -1.64. The number of rotatable bonds is 6. The number of nitrogens with zero attached hydrogens (tertiary/aromatic N) is 1. The van der Waals surface area contributed by atoms with Crippen molar-refractivity contribution in [3.05, 3.63) is 47.4 Å². The molecule has 2 rings (SSSR count). The van der Waals surface area contributed by atoms with Gasteiger partial charge >= 0.3 is 11.9 Å². The first-order valence-electron chi connectivity index (χ1n) is 6.29. The topological polar surface area (TPSA) is 88.5 Å². The summed E-state index contributed by atoms with van der Waals surface area (Å²) in [6.45, 7) is -1.25. The van der Waals surface area contributed by atoms with Crippen LogP contribution in [0.4, 0.5) is 4.39 Å². The maximum Gasteiger partial charge on any atom is 0.338 e. The summed E-state index contributed by atoms with van der Waals surface area (Å²) in [5.41, 5.74) is 0.596. The number of carboxylic acids is 1. The molecular formula is C14H13FN2O4S. The zero-order valence-corrected chi connectivity index (χ0v) is 12.2. The van der Waals surface area contributed by atoms with Crippen LogP contribution < -0.4 is 5.32 Å². The molecule has 0 radical (unpaired) electrons. The number of esters is 1. The van der Waals surface area contributed by atoms with E-state index >= 15 is 0 Å². The molecule has 6 nitrogen and oxygen atoms in total. The van der Waals surface area contributed by atoms with Crippen molar-refractivity contribution >= 4 is 23.7 Å². The summed E-state index contributed by atoms with van der Waals surface area (Å²) in [7, 11) is 0. The van der Waals surface area contributed by atoms with Gasteiger partial charge in [0.25, 0.3) is 0 Å². The Hall–Kier alpha value is -2.35. The second kappa shape index (κ2) is 7.60. The molecule has 0 aliphatic carbocycles. The highest BCUT2D eigenvalue weighted by molar-refractivity contribution is 7.99. The molecule has 0 fully saturated rings. The number of dihydropyridines is 1. The van der Waals surface area contributed by atoms with Gasteiger partial charge in [0.2, 0.25) is 6.86 Å². The number of pyridine rings is 1. The molecule has 0 aromatic carbocycles. The average Bonchev–Trinajstić information content (AvgIpc) is 2.54. The second-order valence-electron chi connectivity index (χ2n) is 4.25. The van der Waals surface area contributed by atoms with Crippen LogP contribution in [0.25, 0.3) is 0 Å². The van der Waals surface area contributed by atoms with Gasteiger partial charge in [0.05, 0.1) is 16.2 Å². The molecule has 0 bridgehead atoms. The lowest BCUT2D eigenvalue weighted by Crippen LogP contribution is -2.24. The number of ether oxygens (including phenoxy) is 1. The predicted molar refractivity (Wildman–Crippen MR) is 77.5 cm³/mol. The molecule has 0 amide bonds. The van der Waals surface area contributed by atoms with Crippen molar-refractivity contribution in [3.63, 3.8) is 0 Å². The van der Waals surface area contributed by atoms with Gasteiger partial charge in [-0.3, -0.25) is 0 Å². The van der Waals surface area contributed by atoms with E-state index in [-0.39, 0.29) is 17.6 Å². The minimum Gasteiger partial charge on any atom is -0.478 e. The summed E-state index contributed by atoms with van der Waals surface area (Å²) in [6.07, 6.45) is 2.88. The van der Waals surface area contributed by atoms with Crippen LogP contribution in [0.3, 0.4) is 0 Å². The van der Waals surface area contributed by atoms with Crippen molar-refractivity contribution in [3.8, 4) is 0 Å². The molecule has 116 valence electrons. The summed E-state index contributed by atoms with van der Waals surface area (Å²) in [4.78, 5) is 26.9. The number of carbonyl (C=O) groups excluding carboxylic acids is 1. The maximum atomic E-state index is 12.0. The molecule has 0 unspecified atom stereocenters. The number of nitrogens with one attached hydrogen (secondary N) is 1. The fraction of sp³-hybridized carbons (Fsp3) is 0.214. The average molecular weight is 324 g/mol. The number of aromatic nitrogens is 1. The van der Waals surface area contributed by atoms with E-state index in [1.165, 1.54) is 18.0 Å². The molecule has 8 heteroatoms. The fourth-order valence-corrected chi connectivity index (χ4v) is 2.65. The van der Waals surface area contributed by atoms with Gasteiger partial charge in [-0.2, -0.15) is 0 Å². The van der Waals surface area contributed by atoms with Crippen LogP contribution in [0.15, 0.2) is 52.5 Å². The molecule has 2 heterocycles. The molecule has 22 heavy (non-hydrogen) atoms. The first kappa shape index (κ1) is 16.0. The quantitative estimate of drug-likeness (QED) is 0.610. The van der Waals surface area contributed by atoms with E-state index in [0.29, 0.717) is 11.4 Å². The largest absolute Gasteiger partial charge is 0.478 e. The Morgan fingerprint density at radius 3 is 2.91 bits per heavy atom. The zero-order chi connectivity index (χ0) is 15.9. The third kappa shape index (κ3) is 4.08. The molecule has 0 saturated heterocycles. The van der Waals surface area contributed by atoms with E-state index < -0.39 is 18.8 Å². The van der Waals surface area contributed by atoms with Gasteiger partial charge in [0.15, 0.2) is 0 Å². The normalized spacial score (nSPS) is 14.1. The highest BCUT2D eigenvalue weighted by Crippen LogP contribution is 2.25. The van der Waals surface area contributed by atoms with Crippen molar-refractivity contribution < 1.29 is 23.8 Å². The fourth-order valence-electron chi connectivity index (χ4n) is 1.79. The van der Waals surface area contributed by atoms with Gasteiger partial charge in [-0.1, -0.05) is 6.07 Å². The van der Waals surface area contributed by atoms with Crippen molar-refractivity contribution in [2.75, 3.05) is 12.6 Å². The van der Waals surface area contributed by atoms with Crippen LogP contribution in [0.1, 0.15) is 6.42 Å². The van der Waals surface area contributed by atoms with Gasteiger partial charge in [-0.05, 0) is 12.1 Å². The first-order valence-corrected chi connectivity index (χ1v) is 7.28. The van der Waals surface area contributed by atoms with Gasteiger partial charge < -0.3 is 15.2 Å². The number of carbonyl (C=O) groups is 2. The number of hydrogen-bond acceptors (Lipinski definition) is 6. The van der Waals surface area contributed by atoms with E-state index in [1.807, 2.05) is 12.1 Å². The van der Waals surface area contributed by atoms with Crippen LogP contribution >= 0.6 is 11.8 Å². The van der Waals surface area contributed by atoms with E-state index in [0.717, 1.165) is 5.03 Å². The van der Waals surface area contributed by atoms with E-state index in [9.17, 15) is 19.1 Å². The van der Waals surface area contributed by atoms with Crippen LogP contribution in [0.2, 0.25) is 0 Å². The minimum atomic E-state index is -1.25. The molecule has 1 aliphatic heterocycles. The zero-order valence-electron chi connectivity index (χ0n) is 11.4. The third-order valence-corrected chi connectivity index (χ3v) is 3.83. The highest BCUT2D eigenvalue weighted by atomic mass is 32.2. The minimum absolute atomic E-state index is 0.0525. The van der Waals surface area contributed by atoms with Crippen molar-refractivity contribution in [2.24, 2.45) is 0 Å². The van der Waals surface area contributed by atoms with Crippen LogP contribution in [0.5, 0.6) is 0 Å². The molecular weight excluding hydrogens is 311 g/mol. The highest BCUT2D eigenvalue weighted by Gasteiger charge is 2.24. The van der Waals surface area contributed by atoms with E-state index in [2.05, 4.69) is 15.0 Å². The molecule has 1 aliphatic rings.